The van der Waals surface area contributed by atoms with Crippen LogP contribution in [0.25, 0.3) is 0 Å². The van der Waals surface area contributed by atoms with Crippen molar-refractivity contribution in [2.75, 3.05) is 50.3 Å². The molecular weight excluding hydrogens is 965 g/mol. The molecule has 4 rings (SSSR count). The van der Waals surface area contributed by atoms with E-state index in [9.17, 15) is 32.4 Å². The van der Waals surface area contributed by atoms with Gasteiger partial charge in [0, 0.05) is 51.5 Å². The quantitative estimate of drug-likeness (QED) is 0.131. The van der Waals surface area contributed by atoms with Crippen LogP contribution in [0.3, 0.4) is 0 Å². The molecule has 0 radical (unpaired) electrons. The van der Waals surface area contributed by atoms with E-state index in [1.807, 2.05) is 88.4 Å². The molecular formula is C33H58I2N4O11SV. The number of carbonyl (C=O) groups excluding carboxylic acids is 5. The number of urea groups is 2. The molecule has 0 aromatic heterocycles. The Balaban J connectivity index is -0.000000131. The number of ether oxygens (including phenoxy) is 2. The molecule has 19 heteroatoms. The van der Waals surface area contributed by atoms with Gasteiger partial charge < -0.3 is 19.4 Å². The van der Waals surface area contributed by atoms with Gasteiger partial charge in [-0.2, -0.15) is 8.42 Å². The van der Waals surface area contributed by atoms with Gasteiger partial charge in [0.2, 0.25) is 17.3 Å². The number of anilines is 2. The number of carbonyl (C=O) groups is 5. The summed E-state index contributed by atoms with van der Waals surface area (Å²) < 4.78 is 36.5. The third kappa shape index (κ3) is 30.3. The molecule has 2 fully saturated rings. The Morgan fingerprint density at radius 2 is 1.10 bits per heavy atom. The first-order chi connectivity index (χ1) is 23.4. The van der Waals surface area contributed by atoms with Crippen molar-refractivity contribution in [1.82, 2.24) is 10.6 Å². The van der Waals surface area contributed by atoms with Crippen molar-refractivity contribution in [3.8, 4) is 0 Å². The molecule has 6 amide bonds. The number of nitrogens with zero attached hydrogens (tertiary/aromatic N) is 2. The Morgan fingerprint density at radius 1 is 0.769 bits per heavy atom. The third-order valence-corrected chi connectivity index (χ3v) is 5.96. The summed E-state index contributed by atoms with van der Waals surface area (Å²) in [7, 11) is -1.01. The molecule has 2 aromatic rings. The fourth-order valence-electron chi connectivity index (χ4n) is 3.13. The average Bonchev–Trinajstić information content (AvgIpc) is 3.09. The molecule has 301 valence electrons. The van der Waals surface area contributed by atoms with E-state index in [0.717, 1.165) is 11.4 Å². The number of imide groups is 2. The van der Waals surface area contributed by atoms with E-state index in [-0.39, 0.29) is 52.8 Å². The van der Waals surface area contributed by atoms with E-state index in [0.29, 0.717) is 41.7 Å². The van der Waals surface area contributed by atoms with Crippen LogP contribution >= 0.6 is 40.0 Å². The molecule has 2 aliphatic rings. The topological polar surface area (TPSA) is 209 Å². The van der Waals surface area contributed by atoms with Gasteiger partial charge in [-0.1, -0.05) is 86.4 Å². The van der Waals surface area contributed by atoms with Gasteiger partial charge >= 0.3 is 61.5 Å². The van der Waals surface area contributed by atoms with E-state index in [4.69, 9.17) is 9.66 Å². The van der Waals surface area contributed by atoms with Gasteiger partial charge in [-0.3, -0.25) is 34.6 Å². The fraction of sp³-hybridized carbons (Fsp3) is 0.485. The molecule has 2 heterocycles. The number of hydrogen-bond acceptors (Lipinski definition) is 10. The number of methoxy groups -OCH3 is 2. The number of aldehydes is 1. The van der Waals surface area contributed by atoms with Gasteiger partial charge in [-0.15, -0.1) is 0 Å². The summed E-state index contributed by atoms with van der Waals surface area (Å²) in [5, 5.41) is 13.0. The van der Waals surface area contributed by atoms with Crippen LogP contribution in [0, 0.1) is 0 Å². The molecule has 0 aliphatic carbocycles. The predicted octanol–water partition coefficient (Wildman–Crippen LogP) is 6.67. The number of halogens is 2. The van der Waals surface area contributed by atoms with Crippen molar-refractivity contribution in [3.05, 3.63) is 60.7 Å². The van der Waals surface area contributed by atoms with Gasteiger partial charge in [-0.25, -0.2) is 9.59 Å². The average molecular weight is 1020 g/mol. The molecule has 0 bridgehead atoms. The van der Waals surface area contributed by atoms with Crippen LogP contribution in [0.5, 0.6) is 0 Å². The van der Waals surface area contributed by atoms with E-state index in [1.165, 1.54) is 14.2 Å². The second kappa shape index (κ2) is 40.0. The van der Waals surface area contributed by atoms with Gasteiger partial charge in [0.1, 0.15) is 12.9 Å². The zero-order valence-electron chi connectivity index (χ0n) is 28.2. The van der Waals surface area contributed by atoms with E-state index in [2.05, 4.69) is 60.1 Å². The Morgan fingerprint density at radius 3 is 1.29 bits per heavy atom. The van der Waals surface area contributed by atoms with Gasteiger partial charge in [0.25, 0.3) is 10.1 Å². The summed E-state index contributed by atoms with van der Waals surface area (Å²) in [4.78, 5) is 57.0. The summed E-state index contributed by atoms with van der Waals surface area (Å²) in [6.45, 7) is 8.70. The summed E-state index contributed by atoms with van der Waals surface area (Å²) in [6.07, 6.45) is 1.43. The van der Waals surface area contributed by atoms with Crippen molar-refractivity contribution >= 4 is 91.6 Å². The molecule has 0 saturated carbocycles. The van der Waals surface area contributed by atoms with Crippen LogP contribution in [0.2, 0.25) is 0 Å². The first-order valence-corrected chi connectivity index (χ1v) is 25.2. The number of aliphatic hydroxyl groups is 1. The Bertz CT molecular complexity index is 1230. The molecule has 1 atom stereocenters. The zero-order valence-corrected chi connectivity index (χ0v) is 34.8. The molecule has 4 N–H and O–H groups in total. The number of hydrogen-bond donors (Lipinski definition) is 4. The molecule has 0 spiro atoms. The fourth-order valence-corrected chi connectivity index (χ4v) is 3.44. The summed E-state index contributed by atoms with van der Waals surface area (Å²) in [6, 6.07) is 17.9. The first-order valence-electron chi connectivity index (χ1n) is 14.7. The third-order valence-electron chi connectivity index (χ3n) is 5.13. The Labute approximate surface area is 339 Å². The van der Waals surface area contributed by atoms with Crippen molar-refractivity contribution in [2.45, 2.75) is 68.3 Å². The minimum absolute atomic E-state index is 0. The van der Waals surface area contributed by atoms with E-state index >= 15 is 0 Å². The predicted molar refractivity (Wildman–Crippen MR) is 222 cm³/mol. The molecule has 2 saturated heterocycles. The van der Waals surface area contributed by atoms with Crippen LogP contribution in [-0.4, -0.2) is 94.2 Å². The normalized spacial score (nSPS) is 12.9. The first kappa shape index (κ1) is 61.8. The van der Waals surface area contributed by atoms with E-state index < -0.39 is 22.2 Å². The molecule has 2 aromatic carbocycles. The number of rotatable bonds is 7. The SMILES string of the molecule is C.C.C.CC.CC.COCC(O)S(=O)(=O)O.COCC=O.O=C1CCN(c2ccccc2)C(=O)N1.O=C1CCN(c2ccccc2)C(=O)N1.[I][V][I]. The molecule has 2 aliphatic heterocycles. The molecule has 15 nitrogen and oxygen atoms in total. The molecule has 52 heavy (non-hydrogen) atoms. The monoisotopic (exact) mass is 1020 g/mol. The molecule has 1 unspecified atom stereocenters. The Kier molecular flexibility index (Phi) is 47.6. The van der Waals surface area contributed by atoms with Crippen LogP contribution in [0.1, 0.15) is 62.8 Å². The van der Waals surface area contributed by atoms with Crippen molar-refractivity contribution < 1.29 is 61.0 Å². The van der Waals surface area contributed by atoms with Crippen molar-refractivity contribution in [1.29, 1.82) is 0 Å². The standard InChI is InChI=1S/2C10H10N2O2.C3H8O5S.C3H6O2.2C2H6.3CH4.2HI.V/c2*13-9-6-7-12(10(14)11-9)8-4-2-1-3-5-8;1-8-2-3(4)9(5,6)7;1-5-3-2-4;2*1-2;;;;;;/h2*1-5H,6-7H2,(H,11,13,14);3-4H,2H2,1H3,(H,5,6,7);2H,3H2,1H3;2*1-2H3;3*1H4;2*1H;/q;;;;;;;;;;;+2/p-2. The second-order valence-corrected chi connectivity index (χ2v) is 21.7. The number of amides is 6. The van der Waals surface area contributed by atoms with Crippen molar-refractivity contribution in [2.24, 2.45) is 0 Å². The minimum atomic E-state index is -4.33. The number of para-hydroxylation sites is 2. The summed E-state index contributed by atoms with van der Waals surface area (Å²) in [5.41, 5.74) is -0.197. The summed E-state index contributed by atoms with van der Waals surface area (Å²) >= 11 is 4.74. The van der Waals surface area contributed by atoms with Crippen LogP contribution in [0.4, 0.5) is 21.0 Å². The van der Waals surface area contributed by atoms with Gasteiger partial charge in [-0.05, 0) is 24.3 Å². The number of benzene rings is 2. The van der Waals surface area contributed by atoms with E-state index in [1.54, 1.807) is 9.80 Å². The van der Waals surface area contributed by atoms with Gasteiger partial charge in [0.15, 0.2) is 0 Å². The van der Waals surface area contributed by atoms with Gasteiger partial charge in [0.05, 0.1) is 6.61 Å². The van der Waals surface area contributed by atoms with Crippen LogP contribution in [0.15, 0.2) is 60.7 Å². The Hall–Kier alpha value is -2.18. The number of aliphatic hydroxyl groups excluding tert-OH is 1. The maximum absolute atomic E-state index is 11.4. The van der Waals surface area contributed by atoms with Crippen molar-refractivity contribution in [3.63, 3.8) is 0 Å². The maximum atomic E-state index is 11.4. The summed E-state index contributed by atoms with van der Waals surface area (Å²) in [5.74, 6) is -0.413. The zero-order chi connectivity index (χ0) is 38.3. The second-order valence-electron chi connectivity index (χ2n) is 8.29. The van der Waals surface area contributed by atoms with Crippen LogP contribution < -0.4 is 20.4 Å². The number of nitrogens with one attached hydrogen (secondary N) is 2. The van der Waals surface area contributed by atoms with Crippen LogP contribution in [-0.2, 0) is 43.4 Å².